The van der Waals surface area contributed by atoms with Crippen LogP contribution in [-0.2, 0) is 4.79 Å². The molecule has 3 heteroatoms. The molecule has 0 fully saturated rings. The predicted molar refractivity (Wildman–Crippen MR) is 37.7 cm³/mol. The van der Waals surface area contributed by atoms with Gasteiger partial charge < -0.3 is 10.2 Å². The van der Waals surface area contributed by atoms with Crippen LogP contribution in [0.3, 0.4) is 0 Å². The molecular formula is C7H12O3. The Hall–Kier alpha value is -0.830. The normalized spacial score (nSPS) is 14.9. The van der Waals surface area contributed by atoms with Crippen molar-refractivity contribution >= 4 is 5.78 Å². The minimum Gasteiger partial charge on any atom is -0.505 e. The van der Waals surface area contributed by atoms with Gasteiger partial charge in [-0.25, -0.2) is 0 Å². The van der Waals surface area contributed by atoms with Crippen molar-refractivity contribution in [2.45, 2.75) is 26.4 Å². The number of ketones is 1. The summed E-state index contributed by atoms with van der Waals surface area (Å²) in [5.74, 6) is -0.973. The van der Waals surface area contributed by atoms with Gasteiger partial charge in [0, 0.05) is 0 Å². The van der Waals surface area contributed by atoms with E-state index < -0.39 is 11.9 Å². The van der Waals surface area contributed by atoms with Crippen molar-refractivity contribution in [3.05, 3.63) is 11.8 Å². The highest BCUT2D eigenvalue weighted by Crippen LogP contribution is 1.99. The van der Waals surface area contributed by atoms with E-state index in [1.807, 2.05) is 0 Å². The Balaban J connectivity index is 4.08. The van der Waals surface area contributed by atoms with Crippen molar-refractivity contribution in [3.63, 3.8) is 0 Å². The Kier molecular flexibility index (Phi) is 3.72. The summed E-state index contributed by atoms with van der Waals surface area (Å²) >= 11 is 0. The minimum absolute atomic E-state index is 0.330. The third kappa shape index (κ3) is 2.19. The highest BCUT2D eigenvalue weighted by Gasteiger charge is 2.15. The van der Waals surface area contributed by atoms with Gasteiger partial charge in [-0.3, -0.25) is 4.79 Å². The van der Waals surface area contributed by atoms with E-state index in [-0.39, 0.29) is 5.76 Å². The Bertz CT molecular complexity index is 149. The van der Waals surface area contributed by atoms with E-state index in [1.165, 1.54) is 13.0 Å². The van der Waals surface area contributed by atoms with E-state index in [0.717, 1.165) is 0 Å². The summed E-state index contributed by atoms with van der Waals surface area (Å²) in [6.07, 6.45) is 0.536. The van der Waals surface area contributed by atoms with Crippen molar-refractivity contribution in [2.75, 3.05) is 0 Å². The second-order valence-corrected chi connectivity index (χ2v) is 1.96. The summed E-state index contributed by atoms with van der Waals surface area (Å²) in [5, 5.41) is 17.7. The number of Topliss-reactive ketones (excluding diaryl/α,β-unsaturated/α-hetero) is 1. The molecule has 0 aromatic heterocycles. The standard InChI is InChI=1S/C7H12O3/c1-3-5(8)7(10)6(9)4-2/h3,6,8-9H,4H2,1-2H3. The van der Waals surface area contributed by atoms with E-state index >= 15 is 0 Å². The maximum atomic E-state index is 10.7. The van der Waals surface area contributed by atoms with Crippen molar-refractivity contribution in [2.24, 2.45) is 0 Å². The number of aliphatic hydroxyl groups is 2. The molecule has 0 spiro atoms. The first kappa shape index (κ1) is 9.17. The van der Waals surface area contributed by atoms with Crippen LogP contribution in [0.25, 0.3) is 0 Å². The van der Waals surface area contributed by atoms with E-state index in [2.05, 4.69) is 0 Å². The molecule has 0 bridgehead atoms. The summed E-state index contributed by atoms with van der Waals surface area (Å²) in [4.78, 5) is 10.7. The second-order valence-electron chi connectivity index (χ2n) is 1.96. The fraction of sp³-hybridized carbons (Fsp3) is 0.571. The number of hydrogen-bond donors (Lipinski definition) is 2. The molecule has 58 valence electrons. The molecule has 0 rings (SSSR count). The molecule has 0 saturated heterocycles. The van der Waals surface area contributed by atoms with Gasteiger partial charge in [0.25, 0.3) is 0 Å². The number of rotatable bonds is 3. The van der Waals surface area contributed by atoms with Gasteiger partial charge in [0.05, 0.1) is 0 Å². The first-order valence-corrected chi connectivity index (χ1v) is 3.21. The summed E-state index contributed by atoms with van der Waals surface area (Å²) in [7, 11) is 0. The molecule has 1 atom stereocenters. The third-order valence-corrected chi connectivity index (χ3v) is 1.22. The van der Waals surface area contributed by atoms with Crippen LogP contribution in [0.15, 0.2) is 11.8 Å². The van der Waals surface area contributed by atoms with Gasteiger partial charge in [-0.2, -0.15) is 0 Å². The van der Waals surface area contributed by atoms with Crippen LogP contribution in [0.2, 0.25) is 0 Å². The van der Waals surface area contributed by atoms with Crippen LogP contribution >= 0.6 is 0 Å². The summed E-state index contributed by atoms with van der Waals surface area (Å²) in [5.41, 5.74) is 0. The molecule has 2 N–H and O–H groups in total. The highest BCUT2D eigenvalue weighted by atomic mass is 16.3. The zero-order valence-corrected chi connectivity index (χ0v) is 6.16. The molecule has 0 heterocycles. The lowest BCUT2D eigenvalue weighted by Crippen LogP contribution is -2.20. The van der Waals surface area contributed by atoms with Gasteiger partial charge in [-0.05, 0) is 19.4 Å². The topological polar surface area (TPSA) is 57.5 Å². The number of carbonyl (C=O) groups excluding carboxylic acids is 1. The number of aliphatic hydroxyl groups excluding tert-OH is 2. The maximum Gasteiger partial charge on any atom is 0.225 e. The Morgan fingerprint density at radius 1 is 1.70 bits per heavy atom. The van der Waals surface area contributed by atoms with E-state index in [9.17, 15) is 4.79 Å². The van der Waals surface area contributed by atoms with Crippen LogP contribution in [0, 0.1) is 0 Å². The maximum absolute atomic E-state index is 10.7. The lowest BCUT2D eigenvalue weighted by atomic mass is 10.1. The fourth-order valence-electron chi connectivity index (χ4n) is 0.498. The second kappa shape index (κ2) is 4.06. The molecule has 0 aliphatic heterocycles. The first-order valence-electron chi connectivity index (χ1n) is 3.21. The SMILES string of the molecule is CC=C(O)C(=O)C(O)CC. The molecule has 0 radical (unpaired) electrons. The highest BCUT2D eigenvalue weighted by molar-refractivity contribution is 5.96. The molecule has 0 aromatic rings. The third-order valence-electron chi connectivity index (χ3n) is 1.22. The summed E-state index contributed by atoms with van der Waals surface area (Å²) in [6.45, 7) is 3.21. The molecule has 1 unspecified atom stereocenters. The van der Waals surface area contributed by atoms with Crippen LogP contribution in [0.1, 0.15) is 20.3 Å². The summed E-state index contributed by atoms with van der Waals surface area (Å²) in [6, 6.07) is 0. The number of carbonyl (C=O) groups is 1. The summed E-state index contributed by atoms with van der Waals surface area (Å²) < 4.78 is 0. The van der Waals surface area contributed by atoms with Crippen molar-refractivity contribution in [1.29, 1.82) is 0 Å². The molecule has 0 aromatic carbocycles. The van der Waals surface area contributed by atoms with Crippen molar-refractivity contribution in [3.8, 4) is 0 Å². The molecule has 0 aliphatic carbocycles. The predicted octanol–water partition coefficient (Wildman–Crippen LogP) is 0.788. The molecule has 0 aliphatic rings. The fourth-order valence-corrected chi connectivity index (χ4v) is 0.498. The van der Waals surface area contributed by atoms with E-state index in [0.29, 0.717) is 6.42 Å². The van der Waals surface area contributed by atoms with Crippen molar-refractivity contribution < 1.29 is 15.0 Å². The Morgan fingerprint density at radius 2 is 2.20 bits per heavy atom. The zero-order valence-electron chi connectivity index (χ0n) is 6.16. The van der Waals surface area contributed by atoms with Crippen LogP contribution in [-0.4, -0.2) is 22.1 Å². The smallest absolute Gasteiger partial charge is 0.225 e. The van der Waals surface area contributed by atoms with E-state index in [1.54, 1.807) is 6.92 Å². The number of allylic oxidation sites excluding steroid dienone is 1. The van der Waals surface area contributed by atoms with Gasteiger partial charge in [-0.1, -0.05) is 6.92 Å². The quantitative estimate of drug-likeness (QED) is 0.454. The van der Waals surface area contributed by atoms with Crippen LogP contribution in [0.4, 0.5) is 0 Å². The largest absolute Gasteiger partial charge is 0.505 e. The Labute approximate surface area is 60.0 Å². The van der Waals surface area contributed by atoms with Gasteiger partial charge in [0.1, 0.15) is 6.10 Å². The molecule has 0 saturated carbocycles. The van der Waals surface area contributed by atoms with Crippen LogP contribution < -0.4 is 0 Å². The van der Waals surface area contributed by atoms with Crippen molar-refractivity contribution in [1.82, 2.24) is 0 Å². The average Bonchev–Trinajstić information content (AvgIpc) is 2.00. The zero-order chi connectivity index (χ0) is 8.15. The monoisotopic (exact) mass is 144 g/mol. The van der Waals surface area contributed by atoms with Gasteiger partial charge in [-0.15, -0.1) is 0 Å². The first-order chi connectivity index (χ1) is 4.63. The molecule has 3 nitrogen and oxygen atoms in total. The van der Waals surface area contributed by atoms with Crippen LogP contribution in [0.5, 0.6) is 0 Å². The number of hydrogen-bond acceptors (Lipinski definition) is 3. The molecule has 10 heavy (non-hydrogen) atoms. The van der Waals surface area contributed by atoms with E-state index in [4.69, 9.17) is 10.2 Å². The van der Waals surface area contributed by atoms with Gasteiger partial charge in [0.2, 0.25) is 5.78 Å². The Morgan fingerprint density at radius 3 is 2.50 bits per heavy atom. The molecular weight excluding hydrogens is 132 g/mol. The van der Waals surface area contributed by atoms with Gasteiger partial charge >= 0.3 is 0 Å². The lowest BCUT2D eigenvalue weighted by molar-refractivity contribution is -0.125. The minimum atomic E-state index is -1.06. The van der Waals surface area contributed by atoms with Gasteiger partial charge in [0.15, 0.2) is 5.76 Å². The average molecular weight is 144 g/mol. The molecule has 0 amide bonds. The lowest BCUT2D eigenvalue weighted by Gasteiger charge is -2.03.